The van der Waals surface area contributed by atoms with Crippen molar-refractivity contribution < 1.29 is 13.7 Å². The standard InChI is InChI=1S/C5H7N3O3S/c1-11-4(9)2-12(10)5-6-3-7-8-5/h3H,2H2,1H3,(H,6,7,8). The Balaban J connectivity index is 2.56. The van der Waals surface area contributed by atoms with E-state index in [1.54, 1.807) is 0 Å². The Labute approximate surface area is 70.8 Å². The molecule has 1 unspecified atom stereocenters. The van der Waals surface area contributed by atoms with E-state index in [9.17, 15) is 9.00 Å². The summed E-state index contributed by atoms with van der Waals surface area (Å²) in [6.07, 6.45) is 1.23. The Kier molecular flexibility index (Phi) is 2.92. The summed E-state index contributed by atoms with van der Waals surface area (Å²) in [4.78, 5) is 14.3. The van der Waals surface area contributed by atoms with Crippen molar-refractivity contribution in [1.82, 2.24) is 15.2 Å². The number of nitrogens with zero attached hydrogens (tertiary/aromatic N) is 2. The molecule has 0 aliphatic rings. The molecule has 1 N–H and O–H groups in total. The highest BCUT2D eigenvalue weighted by Crippen LogP contribution is 1.95. The number of carbonyl (C=O) groups is 1. The average molecular weight is 189 g/mol. The molecule has 0 fully saturated rings. The molecule has 0 aromatic carbocycles. The number of aromatic nitrogens is 3. The minimum absolute atomic E-state index is 0.181. The predicted molar refractivity (Wildman–Crippen MR) is 39.7 cm³/mol. The lowest BCUT2D eigenvalue weighted by Crippen LogP contribution is -2.12. The lowest BCUT2D eigenvalue weighted by Gasteiger charge is -1.95. The van der Waals surface area contributed by atoms with Crippen molar-refractivity contribution in [3.63, 3.8) is 0 Å². The van der Waals surface area contributed by atoms with Gasteiger partial charge in [0.1, 0.15) is 22.9 Å². The SMILES string of the molecule is COC(=O)CS(=O)c1ncn[nH]1. The summed E-state index contributed by atoms with van der Waals surface area (Å²) in [5, 5.41) is 6.07. The molecule has 0 bridgehead atoms. The third kappa shape index (κ3) is 2.12. The van der Waals surface area contributed by atoms with Gasteiger partial charge in [0.25, 0.3) is 0 Å². The molecule has 66 valence electrons. The number of aromatic amines is 1. The summed E-state index contributed by atoms with van der Waals surface area (Å²) in [6, 6.07) is 0. The van der Waals surface area contributed by atoms with Gasteiger partial charge < -0.3 is 4.74 Å². The Morgan fingerprint density at radius 1 is 1.83 bits per heavy atom. The van der Waals surface area contributed by atoms with Crippen molar-refractivity contribution in [2.75, 3.05) is 12.9 Å². The average Bonchev–Trinajstić information content (AvgIpc) is 2.56. The molecule has 1 heterocycles. The largest absolute Gasteiger partial charge is 0.468 e. The van der Waals surface area contributed by atoms with E-state index >= 15 is 0 Å². The van der Waals surface area contributed by atoms with Crippen LogP contribution in [-0.4, -0.2) is 38.2 Å². The molecule has 7 heteroatoms. The van der Waals surface area contributed by atoms with Crippen LogP contribution in [0.15, 0.2) is 11.5 Å². The molecule has 1 aromatic rings. The molecule has 0 radical (unpaired) electrons. The predicted octanol–water partition coefficient (Wildman–Crippen LogP) is -0.915. The Bertz CT molecular complexity index is 284. The second-order valence-corrected chi connectivity index (χ2v) is 3.22. The lowest BCUT2D eigenvalue weighted by atomic mass is 10.8. The van der Waals surface area contributed by atoms with Gasteiger partial charge in [-0.1, -0.05) is 0 Å². The van der Waals surface area contributed by atoms with Crippen LogP contribution in [0, 0.1) is 0 Å². The van der Waals surface area contributed by atoms with Gasteiger partial charge in [-0.15, -0.1) is 0 Å². The van der Waals surface area contributed by atoms with Crippen LogP contribution in [0.2, 0.25) is 0 Å². The van der Waals surface area contributed by atoms with E-state index in [1.807, 2.05) is 0 Å². The summed E-state index contributed by atoms with van der Waals surface area (Å²) in [5.74, 6) is -0.740. The van der Waals surface area contributed by atoms with Gasteiger partial charge in [0.05, 0.1) is 7.11 Å². The molecule has 0 spiro atoms. The Morgan fingerprint density at radius 2 is 2.58 bits per heavy atom. The van der Waals surface area contributed by atoms with Crippen LogP contribution in [0.1, 0.15) is 0 Å². The fourth-order valence-corrected chi connectivity index (χ4v) is 1.33. The molecule has 0 aliphatic carbocycles. The zero-order valence-corrected chi connectivity index (χ0v) is 7.13. The molecule has 0 amide bonds. The molecule has 1 atom stereocenters. The first kappa shape index (κ1) is 8.85. The zero-order chi connectivity index (χ0) is 8.97. The fraction of sp³-hybridized carbons (Fsp3) is 0.400. The fourth-order valence-electron chi connectivity index (χ4n) is 0.538. The quantitative estimate of drug-likeness (QED) is 0.622. The van der Waals surface area contributed by atoms with E-state index in [-0.39, 0.29) is 10.9 Å². The van der Waals surface area contributed by atoms with Crippen LogP contribution in [0.3, 0.4) is 0 Å². The normalized spacial score (nSPS) is 12.4. The van der Waals surface area contributed by atoms with E-state index in [2.05, 4.69) is 19.9 Å². The van der Waals surface area contributed by atoms with Crippen molar-refractivity contribution in [3.05, 3.63) is 6.33 Å². The van der Waals surface area contributed by atoms with Crippen LogP contribution >= 0.6 is 0 Å². The zero-order valence-electron chi connectivity index (χ0n) is 6.31. The number of esters is 1. The molecular weight excluding hydrogens is 182 g/mol. The van der Waals surface area contributed by atoms with E-state index in [0.29, 0.717) is 0 Å². The van der Waals surface area contributed by atoms with Gasteiger partial charge in [0.2, 0.25) is 5.16 Å². The van der Waals surface area contributed by atoms with Crippen LogP contribution in [0.4, 0.5) is 0 Å². The number of ether oxygens (including phenoxy) is 1. The summed E-state index contributed by atoms with van der Waals surface area (Å²) >= 11 is 0. The number of H-pyrrole nitrogens is 1. The number of hydrogen-bond donors (Lipinski definition) is 1. The highest BCUT2D eigenvalue weighted by molar-refractivity contribution is 7.85. The van der Waals surface area contributed by atoms with Crippen molar-refractivity contribution >= 4 is 16.8 Å². The van der Waals surface area contributed by atoms with Crippen molar-refractivity contribution in [3.8, 4) is 0 Å². The topological polar surface area (TPSA) is 84.9 Å². The molecule has 12 heavy (non-hydrogen) atoms. The highest BCUT2D eigenvalue weighted by atomic mass is 32.2. The first-order valence-electron chi connectivity index (χ1n) is 3.04. The van der Waals surface area contributed by atoms with Crippen LogP contribution in [0.5, 0.6) is 0 Å². The number of hydrogen-bond acceptors (Lipinski definition) is 5. The first-order chi connectivity index (χ1) is 5.74. The van der Waals surface area contributed by atoms with E-state index in [4.69, 9.17) is 0 Å². The van der Waals surface area contributed by atoms with E-state index in [0.717, 1.165) is 0 Å². The van der Waals surface area contributed by atoms with E-state index < -0.39 is 16.8 Å². The number of methoxy groups -OCH3 is 1. The van der Waals surface area contributed by atoms with Gasteiger partial charge in [0, 0.05) is 0 Å². The molecular formula is C5H7N3O3S. The minimum atomic E-state index is -1.49. The van der Waals surface area contributed by atoms with Gasteiger partial charge >= 0.3 is 5.97 Å². The highest BCUT2D eigenvalue weighted by Gasteiger charge is 2.11. The van der Waals surface area contributed by atoms with Crippen LogP contribution in [-0.2, 0) is 20.3 Å². The molecule has 1 rings (SSSR count). The van der Waals surface area contributed by atoms with Crippen molar-refractivity contribution in [2.45, 2.75) is 5.16 Å². The maximum absolute atomic E-state index is 11.2. The first-order valence-corrected chi connectivity index (χ1v) is 4.36. The third-order valence-electron chi connectivity index (χ3n) is 1.09. The second-order valence-electron chi connectivity index (χ2n) is 1.86. The summed E-state index contributed by atoms with van der Waals surface area (Å²) in [6.45, 7) is 0. The molecule has 0 aliphatic heterocycles. The van der Waals surface area contributed by atoms with Crippen LogP contribution < -0.4 is 0 Å². The summed E-state index contributed by atoms with van der Waals surface area (Å²) in [5.41, 5.74) is 0. The Hall–Kier alpha value is -1.24. The van der Waals surface area contributed by atoms with Crippen molar-refractivity contribution in [2.24, 2.45) is 0 Å². The van der Waals surface area contributed by atoms with Gasteiger partial charge in [-0.3, -0.25) is 14.1 Å². The molecule has 6 nitrogen and oxygen atoms in total. The summed E-state index contributed by atoms with van der Waals surface area (Å²) < 4.78 is 15.5. The summed E-state index contributed by atoms with van der Waals surface area (Å²) in [7, 11) is -0.250. The smallest absolute Gasteiger partial charge is 0.318 e. The maximum Gasteiger partial charge on any atom is 0.318 e. The van der Waals surface area contributed by atoms with Crippen LogP contribution in [0.25, 0.3) is 0 Å². The number of carbonyl (C=O) groups excluding carboxylic acids is 1. The molecule has 0 saturated carbocycles. The number of rotatable bonds is 3. The number of nitrogens with one attached hydrogen (secondary N) is 1. The lowest BCUT2D eigenvalue weighted by molar-refractivity contribution is -0.137. The monoisotopic (exact) mass is 189 g/mol. The van der Waals surface area contributed by atoms with Gasteiger partial charge in [0.15, 0.2) is 0 Å². The molecule has 1 aromatic heterocycles. The maximum atomic E-state index is 11.2. The minimum Gasteiger partial charge on any atom is -0.468 e. The van der Waals surface area contributed by atoms with Gasteiger partial charge in [-0.05, 0) is 0 Å². The van der Waals surface area contributed by atoms with Gasteiger partial charge in [-0.25, -0.2) is 4.98 Å². The third-order valence-corrected chi connectivity index (χ3v) is 2.21. The van der Waals surface area contributed by atoms with Gasteiger partial charge in [-0.2, -0.15) is 5.10 Å². The van der Waals surface area contributed by atoms with Crippen molar-refractivity contribution in [1.29, 1.82) is 0 Å². The Morgan fingerprint density at radius 3 is 3.08 bits per heavy atom. The van der Waals surface area contributed by atoms with E-state index in [1.165, 1.54) is 13.4 Å². The molecule has 0 saturated heterocycles. The second kappa shape index (κ2) is 3.96.